The fourth-order valence-corrected chi connectivity index (χ4v) is 3.38. The highest BCUT2D eigenvalue weighted by atomic mass is 35.5. The van der Waals surface area contributed by atoms with Crippen molar-refractivity contribution < 1.29 is 22.7 Å². The Bertz CT molecular complexity index is 958. The number of amidine groups is 1. The van der Waals surface area contributed by atoms with Gasteiger partial charge in [0.25, 0.3) is 5.91 Å². The summed E-state index contributed by atoms with van der Waals surface area (Å²) in [5, 5.41) is 2.30. The van der Waals surface area contributed by atoms with E-state index in [4.69, 9.17) is 16.3 Å². The molecule has 0 unspecified atom stereocenters. The van der Waals surface area contributed by atoms with Gasteiger partial charge in [0.1, 0.15) is 5.75 Å². The molecule has 1 amide bonds. The number of nitrogens with zero attached hydrogens (tertiary/aromatic N) is 1. The van der Waals surface area contributed by atoms with Gasteiger partial charge in [0.2, 0.25) is 0 Å². The Kier molecular flexibility index (Phi) is 5.48. The van der Waals surface area contributed by atoms with E-state index in [9.17, 15) is 18.0 Å². The highest BCUT2D eigenvalue weighted by molar-refractivity contribution is 8.18. The average molecular weight is 413 g/mol. The number of para-hydroxylation sites is 1. The monoisotopic (exact) mass is 412 g/mol. The number of aliphatic imine (C=N–C) groups is 1. The molecule has 3 rings (SSSR count). The van der Waals surface area contributed by atoms with E-state index >= 15 is 0 Å². The number of nitrogens with one attached hydrogen (secondary N) is 1. The highest BCUT2D eigenvalue weighted by Gasteiger charge is 2.33. The van der Waals surface area contributed by atoms with Gasteiger partial charge >= 0.3 is 6.18 Å². The summed E-state index contributed by atoms with van der Waals surface area (Å²) in [5.74, 6) is 0.200. The number of benzene rings is 2. The van der Waals surface area contributed by atoms with Crippen LogP contribution in [0, 0.1) is 0 Å². The van der Waals surface area contributed by atoms with Crippen molar-refractivity contribution in [3.05, 3.63) is 63.5 Å². The van der Waals surface area contributed by atoms with Gasteiger partial charge in [-0.2, -0.15) is 13.2 Å². The predicted molar refractivity (Wildman–Crippen MR) is 100 cm³/mol. The van der Waals surface area contributed by atoms with E-state index in [-0.39, 0.29) is 10.9 Å². The second kappa shape index (κ2) is 7.66. The van der Waals surface area contributed by atoms with Crippen molar-refractivity contribution in [2.24, 2.45) is 4.99 Å². The van der Waals surface area contributed by atoms with Crippen LogP contribution in [0.2, 0.25) is 5.02 Å². The summed E-state index contributed by atoms with van der Waals surface area (Å²) in [4.78, 5) is 16.6. The molecule has 0 radical (unpaired) electrons. The van der Waals surface area contributed by atoms with Crippen LogP contribution in [0.3, 0.4) is 0 Å². The van der Waals surface area contributed by atoms with Gasteiger partial charge in [-0.1, -0.05) is 29.8 Å². The van der Waals surface area contributed by atoms with E-state index in [2.05, 4.69) is 10.3 Å². The van der Waals surface area contributed by atoms with Gasteiger partial charge in [-0.25, -0.2) is 4.99 Å². The minimum Gasteiger partial charge on any atom is -0.496 e. The molecule has 0 spiro atoms. The number of rotatable bonds is 3. The van der Waals surface area contributed by atoms with Crippen LogP contribution < -0.4 is 10.1 Å². The number of hydrogen-bond donors (Lipinski definition) is 1. The van der Waals surface area contributed by atoms with Gasteiger partial charge in [-0.05, 0) is 42.1 Å². The SMILES string of the molecule is COc1ccccc1C=C1SC(=Nc2ccc(Cl)c(C(F)(F)F)c2)NC1=O. The van der Waals surface area contributed by atoms with Crippen LogP contribution in [0.15, 0.2) is 52.4 Å². The van der Waals surface area contributed by atoms with Crippen molar-refractivity contribution in [3.63, 3.8) is 0 Å². The summed E-state index contributed by atoms with van der Waals surface area (Å²) in [6.07, 6.45) is -2.96. The lowest BCUT2D eigenvalue weighted by atomic mass is 10.2. The van der Waals surface area contributed by atoms with Crippen molar-refractivity contribution in [2.45, 2.75) is 6.18 Å². The molecule has 27 heavy (non-hydrogen) atoms. The molecule has 0 saturated carbocycles. The first kappa shape index (κ1) is 19.3. The van der Waals surface area contributed by atoms with Crippen molar-refractivity contribution in [1.82, 2.24) is 5.32 Å². The van der Waals surface area contributed by atoms with E-state index in [1.54, 1.807) is 30.3 Å². The molecule has 140 valence electrons. The number of carbonyl (C=O) groups is 1. The quantitative estimate of drug-likeness (QED) is 0.700. The normalized spacial score (nSPS) is 17.4. The van der Waals surface area contributed by atoms with Crippen LogP contribution in [0.1, 0.15) is 11.1 Å². The topological polar surface area (TPSA) is 50.7 Å². The van der Waals surface area contributed by atoms with Gasteiger partial charge in [0.05, 0.1) is 28.3 Å². The summed E-state index contributed by atoms with van der Waals surface area (Å²) in [6.45, 7) is 0. The molecule has 1 aliphatic rings. The largest absolute Gasteiger partial charge is 0.496 e. The number of carbonyl (C=O) groups excluding carboxylic acids is 1. The Morgan fingerprint density at radius 1 is 1.22 bits per heavy atom. The van der Waals surface area contributed by atoms with Crippen molar-refractivity contribution in [1.29, 1.82) is 0 Å². The summed E-state index contributed by atoms with van der Waals surface area (Å²) in [7, 11) is 1.52. The molecule has 9 heteroatoms. The van der Waals surface area contributed by atoms with Crippen LogP contribution in [0.5, 0.6) is 5.75 Å². The van der Waals surface area contributed by atoms with Crippen LogP contribution in [0.4, 0.5) is 18.9 Å². The summed E-state index contributed by atoms with van der Waals surface area (Å²) < 4.78 is 44.1. The van der Waals surface area contributed by atoms with Crippen LogP contribution in [-0.4, -0.2) is 18.2 Å². The maximum absolute atomic E-state index is 13.0. The Balaban J connectivity index is 1.89. The first-order valence-corrected chi connectivity index (χ1v) is 8.77. The molecule has 0 aromatic heterocycles. The summed E-state index contributed by atoms with van der Waals surface area (Å²) in [6, 6.07) is 10.4. The minimum atomic E-state index is -4.59. The Morgan fingerprint density at radius 3 is 2.67 bits per heavy atom. The van der Waals surface area contributed by atoms with Gasteiger partial charge in [0, 0.05) is 5.56 Å². The second-order valence-corrected chi connectivity index (χ2v) is 6.82. The zero-order valence-electron chi connectivity index (χ0n) is 13.8. The lowest BCUT2D eigenvalue weighted by Crippen LogP contribution is -2.19. The van der Waals surface area contributed by atoms with Crippen LogP contribution in [-0.2, 0) is 11.0 Å². The third-order valence-corrected chi connectivity index (χ3v) is 4.80. The molecular formula is C18H12ClF3N2O2S. The summed E-state index contributed by atoms with van der Waals surface area (Å²) >= 11 is 6.62. The van der Waals surface area contributed by atoms with Crippen LogP contribution in [0.25, 0.3) is 6.08 Å². The Hall–Kier alpha value is -2.45. The Labute approximate surface area is 162 Å². The van der Waals surface area contributed by atoms with E-state index in [0.717, 1.165) is 23.9 Å². The fraction of sp³-hybridized carbons (Fsp3) is 0.111. The Morgan fingerprint density at radius 2 is 1.96 bits per heavy atom. The first-order valence-electron chi connectivity index (χ1n) is 7.57. The first-order chi connectivity index (χ1) is 12.8. The highest BCUT2D eigenvalue weighted by Crippen LogP contribution is 2.37. The molecule has 4 nitrogen and oxygen atoms in total. The molecular weight excluding hydrogens is 401 g/mol. The maximum atomic E-state index is 13.0. The third kappa shape index (κ3) is 4.45. The minimum absolute atomic E-state index is 0.0352. The number of alkyl halides is 3. The number of ether oxygens (including phenoxy) is 1. The maximum Gasteiger partial charge on any atom is 0.417 e. The van der Waals surface area contributed by atoms with E-state index in [0.29, 0.717) is 16.2 Å². The van der Waals surface area contributed by atoms with Crippen molar-refractivity contribution >= 4 is 46.2 Å². The second-order valence-electron chi connectivity index (χ2n) is 5.39. The zero-order chi connectivity index (χ0) is 19.6. The number of halogens is 4. The van der Waals surface area contributed by atoms with Gasteiger partial charge in [-0.3, -0.25) is 4.79 Å². The number of methoxy groups -OCH3 is 1. The molecule has 1 fully saturated rings. The lowest BCUT2D eigenvalue weighted by molar-refractivity contribution is -0.137. The molecule has 0 bridgehead atoms. The van der Waals surface area contributed by atoms with Crippen molar-refractivity contribution in [2.75, 3.05) is 7.11 Å². The average Bonchev–Trinajstić information content (AvgIpc) is 2.95. The molecule has 0 aliphatic carbocycles. The summed E-state index contributed by atoms with van der Waals surface area (Å²) in [5.41, 5.74) is -0.247. The molecule has 1 heterocycles. The molecule has 2 aromatic carbocycles. The van der Waals surface area contributed by atoms with Crippen LogP contribution >= 0.6 is 23.4 Å². The molecule has 2 aromatic rings. The van der Waals surface area contributed by atoms with Gasteiger partial charge < -0.3 is 10.1 Å². The van der Waals surface area contributed by atoms with Crippen molar-refractivity contribution in [3.8, 4) is 5.75 Å². The van der Waals surface area contributed by atoms with E-state index < -0.39 is 22.7 Å². The number of thioether (sulfide) groups is 1. The molecule has 1 saturated heterocycles. The predicted octanol–water partition coefficient (Wildman–Crippen LogP) is 5.26. The number of amides is 1. The third-order valence-electron chi connectivity index (χ3n) is 3.56. The fourth-order valence-electron chi connectivity index (χ4n) is 2.32. The standard InChI is InChI=1S/C18H12ClF3N2O2S/c1-26-14-5-3-2-4-10(14)8-15-16(25)24-17(27-15)23-11-6-7-13(19)12(9-11)18(20,21)22/h2-9H,1H3,(H,23,24,25). The molecule has 0 atom stereocenters. The lowest BCUT2D eigenvalue weighted by Gasteiger charge is -2.09. The van der Waals surface area contributed by atoms with Gasteiger partial charge in [0.15, 0.2) is 5.17 Å². The zero-order valence-corrected chi connectivity index (χ0v) is 15.4. The van der Waals surface area contributed by atoms with E-state index in [1.807, 2.05) is 0 Å². The van der Waals surface area contributed by atoms with Gasteiger partial charge in [-0.15, -0.1) is 0 Å². The number of hydrogen-bond acceptors (Lipinski definition) is 4. The van der Waals surface area contributed by atoms with E-state index in [1.165, 1.54) is 13.2 Å². The smallest absolute Gasteiger partial charge is 0.417 e. The molecule has 1 N–H and O–H groups in total. The molecule has 1 aliphatic heterocycles.